The van der Waals surface area contributed by atoms with Crippen molar-refractivity contribution in [3.63, 3.8) is 0 Å². The van der Waals surface area contributed by atoms with Crippen LogP contribution in [0.2, 0.25) is 0 Å². The van der Waals surface area contributed by atoms with Crippen molar-refractivity contribution in [3.05, 3.63) is 69.3 Å². The zero-order valence-electron chi connectivity index (χ0n) is 17.6. The van der Waals surface area contributed by atoms with Crippen LogP contribution in [0.15, 0.2) is 41.9 Å². The Morgan fingerprint density at radius 1 is 1.10 bits per heavy atom. The Bertz CT molecular complexity index is 1100. The summed E-state index contributed by atoms with van der Waals surface area (Å²) >= 11 is 1.70. The van der Waals surface area contributed by atoms with Gasteiger partial charge in [0.05, 0.1) is 0 Å². The average molecular weight is 405 g/mol. The van der Waals surface area contributed by atoms with Crippen molar-refractivity contribution in [3.8, 4) is 11.1 Å². The third-order valence-corrected chi connectivity index (χ3v) is 6.24. The van der Waals surface area contributed by atoms with Crippen LogP contribution in [0.3, 0.4) is 0 Å². The van der Waals surface area contributed by atoms with Gasteiger partial charge in [-0.25, -0.2) is 4.98 Å². The number of thiazole rings is 1. The smallest absolute Gasteiger partial charge is 0.106 e. The van der Waals surface area contributed by atoms with E-state index in [1.165, 1.54) is 38.9 Å². The predicted molar refractivity (Wildman–Crippen MR) is 123 cm³/mol. The fraction of sp³-hybridized carbons (Fsp3) is 0.333. The Labute approximate surface area is 176 Å². The maximum absolute atomic E-state index is 4.92. The Hall–Kier alpha value is -2.50. The molecule has 2 aromatic carbocycles. The molecule has 0 aliphatic rings. The van der Waals surface area contributed by atoms with E-state index < -0.39 is 0 Å². The maximum atomic E-state index is 4.92. The van der Waals surface area contributed by atoms with Crippen LogP contribution in [0, 0.1) is 20.8 Å². The molecule has 4 aromatic rings. The van der Waals surface area contributed by atoms with E-state index in [2.05, 4.69) is 73.1 Å². The highest BCUT2D eigenvalue weighted by atomic mass is 32.1. The number of aryl methyl sites for hydroxylation is 5. The van der Waals surface area contributed by atoms with E-state index in [9.17, 15) is 0 Å². The third kappa shape index (κ3) is 4.11. The molecule has 0 aliphatic heterocycles. The molecular formula is C24H28N4S. The first-order valence-electron chi connectivity index (χ1n) is 10.2. The normalized spacial score (nSPS) is 11.4. The second kappa shape index (κ2) is 8.47. The maximum Gasteiger partial charge on any atom is 0.106 e. The standard InChI is InChI=1S/C24H28N4S/c1-16-13-17(2)23(18(3)14-16)20-8-5-7-19-21(28(4)27-24(19)20)9-6-10-25-15-22-26-11-12-29-22/h5,7-8,11-14,25H,6,9-10,15H2,1-4H3. The Morgan fingerprint density at radius 2 is 1.90 bits per heavy atom. The molecule has 0 fully saturated rings. The molecule has 0 aliphatic carbocycles. The van der Waals surface area contributed by atoms with Gasteiger partial charge in [-0.05, 0) is 56.8 Å². The largest absolute Gasteiger partial charge is 0.310 e. The first-order valence-corrected chi connectivity index (χ1v) is 11.0. The summed E-state index contributed by atoms with van der Waals surface area (Å²) in [6, 6.07) is 11.1. The van der Waals surface area contributed by atoms with Crippen molar-refractivity contribution in [1.82, 2.24) is 20.1 Å². The van der Waals surface area contributed by atoms with E-state index in [-0.39, 0.29) is 0 Å². The molecule has 0 saturated heterocycles. The van der Waals surface area contributed by atoms with Crippen LogP contribution in [0.4, 0.5) is 0 Å². The van der Waals surface area contributed by atoms with Crippen molar-refractivity contribution >= 4 is 22.2 Å². The van der Waals surface area contributed by atoms with E-state index in [1.54, 1.807) is 11.3 Å². The number of nitrogens with zero attached hydrogens (tertiary/aromatic N) is 3. The van der Waals surface area contributed by atoms with E-state index in [0.29, 0.717) is 0 Å². The average Bonchev–Trinajstić information content (AvgIpc) is 3.29. The molecule has 0 unspecified atom stereocenters. The van der Waals surface area contributed by atoms with Crippen LogP contribution in [0.1, 0.15) is 33.8 Å². The molecule has 0 saturated carbocycles. The van der Waals surface area contributed by atoms with Crippen LogP contribution in [0.25, 0.3) is 22.0 Å². The van der Waals surface area contributed by atoms with Gasteiger partial charge >= 0.3 is 0 Å². The Kier molecular flexibility index (Phi) is 5.79. The van der Waals surface area contributed by atoms with Crippen molar-refractivity contribution < 1.29 is 0 Å². The highest BCUT2D eigenvalue weighted by Crippen LogP contribution is 2.34. The molecule has 150 valence electrons. The highest BCUT2D eigenvalue weighted by Gasteiger charge is 2.16. The molecule has 0 amide bonds. The van der Waals surface area contributed by atoms with Gasteiger partial charge in [0.15, 0.2) is 0 Å². The van der Waals surface area contributed by atoms with Gasteiger partial charge in [0, 0.05) is 41.8 Å². The molecule has 1 N–H and O–H groups in total. The van der Waals surface area contributed by atoms with Crippen molar-refractivity contribution in [2.24, 2.45) is 7.05 Å². The van der Waals surface area contributed by atoms with Gasteiger partial charge in [-0.2, -0.15) is 5.10 Å². The number of benzene rings is 2. The molecule has 0 bridgehead atoms. The number of fused-ring (bicyclic) bond motifs is 1. The quantitative estimate of drug-likeness (QED) is 0.423. The van der Waals surface area contributed by atoms with Crippen molar-refractivity contribution in [2.75, 3.05) is 6.54 Å². The van der Waals surface area contributed by atoms with Gasteiger partial charge in [0.1, 0.15) is 10.5 Å². The molecule has 0 spiro atoms. The zero-order chi connectivity index (χ0) is 20.4. The molecule has 2 aromatic heterocycles. The number of nitrogens with one attached hydrogen (secondary N) is 1. The lowest BCUT2D eigenvalue weighted by molar-refractivity contribution is 0.624. The number of rotatable bonds is 7. The monoisotopic (exact) mass is 404 g/mol. The molecule has 5 heteroatoms. The van der Waals surface area contributed by atoms with E-state index >= 15 is 0 Å². The predicted octanol–water partition coefficient (Wildman–Crippen LogP) is 5.34. The van der Waals surface area contributed by atoms with Gasteiger partial charge in [0.2, 0.25) is 0 Å². The number of hydrogen-bond donors (Lipinski definition) is 1. The van der Waals surface area contributed by atoms with Crippen LogP contribution in [-0.2, 0) is 20.0 Å². The van der Waals surface area contributed by atoms with Gasteiger partial charge in [-0.1, -0.05) is 35.9 Å². The molecule has 4 rings (SSSR count). The fourth-order valence-electron chi connectivity index (χ4n) is 4.29. The SMILES string of the molecule is Cc1cc(C)c(-c2cccc3c(CCCNCc4nccs4)n(C)nc23)c(C)c1. The highest BCUT2D eigenvalue weighted by molar-refractivity contribution is 7.09. The molecular weight excluding hydrogens is 376 g/mol. The lowest BCUT2D eigenvalue weighted by atomic mass is 9.92. The molecule has 0 radical (unpaired) electrons. The molecule has 4 nitrogen and oxygen atoms in total. The summed E-state index contributed by atoms with van der Waals surface area (Å²) in [5.74, 6) is 0. The summed E-state index contributed by atoms with van der Waals surface area (Å²) < 4.78 is 2.06. The van der Waals surface area contributed by atoms with Crippen molar-refractivity contribution in [1.29, 1.82) is 0 Å². The van der Waals surface area contributed by atoms with Gasteiger partial charge < -0.3 is 5.32 Å². The molecule has 0 atom stereocenters. The third-order valence-electron chi connectivity index (χ3n) is 5.46. The van der Waals surface area contributed by atoms with Crippen LogP contribution >= 0.6 is 11.3 Å². The summed E-state index contributed by atoms with van der Waals surface area (Å²) in [4.78, 5) is 4.32. The van der Waals surface area contributed by atoms with Gasteiger partial charge in [-0.15, -0.1) is 11.3 Å². The molecule has 29 heavy (non-hydrogen) atoms. The first kappa shape index (κ1) is 19.8. The zero-order valence-corrected chi connectivity index (χ0v) is 18.4. The lowest BCUT2D eigenvalue weighted by Crippen LogP contribution is -2.15. The minimum absolute atomic E-state index is 0.847. The second-order valence-electron chi connectivity index (χ2n) is 7.75. The van der Waals surface area contributed by atoms with Gasteiger partial charge in [-0.3, -0.25) is 4.68 Å². The van der Waals surface area contributed by atoms with Gasteiger partial charge in [0.25, 0.3) is 0 Å². The van der Waals surface area contributed by atoms with E-state index in [1.807, 2.05) is 11.6 Å². The van der Waals surface area contributed by atoms with Crippen LogP contribution < -0.4 is 5.32 Å². The Balaban J connectivity index is 1.56. The lowest BCUT2D eigenvalue weighted by Gasteiger charge is -2.12. The summed E-state index contributed by atoms with van der Waals surface area (Å²) in [6.07, 6.45) is 3.94. The number of aromatic nitrogens is 3. The summed E-state index contributed by atoms with van der Waals surface area (Å²) in [5.41, 5.74) is 8.90. The number of hydrogen-bond acceptors (Lipinski definition) is 4. The summed E-state index contributed by atoms with van der Waals surface area (Å²) in [5, 5.41) is 12.8. The summed E-state index contributed by atoms with van der Waals surface area (Å²) in [7, 11) is 2.07. The molecule has 2 heterocycles. The first-order chi connectivity index (χ1) is 14.0. The van der Waals surface area contributed by atoms with Crippen molar-refractivity contribution in [2.45, 2.75) is 40.2 Å². The fourth-order valence-corrected chi connectivity index (χ4v) is 4.87. The minimum Gasteiger partial charge on any atom is -0.310 e. The topological polar surface area (TPSA) is 42.7 Å². The summed E-state index contributed by atoms with van der Waals surface area (Å²) in [6.45, 7) is 8.38. The van der Waals surface area contributed by atoms with E-state index in [4.69, 9.17) is 5.10 Å². The van der Waals surface area contributed by atoms with Crippen LogP contribution in [0.5, 0.6) is 0 Å². The van der Waals surface area contributed by atoms with Crippen LogP contribution in [-0.4, -0.2) is 21.3 Å². The minimum atomic E-state index is 0.847. The van der Waals surface area contributed by atoms with E-state index in [0.717, 1.165) is 36.5 Å². The Morgan fingerprint density at radius 3 is 2.62 bits per heavy atom. The second-order valence-corrected chi connectivity index (χ2v) is 8.73.